The number of anilines is 1. The highest BCUT2D eigenvalue weighted by atomic mass is 79.9. The molecule has 0 aliphatic heterocycles. The second-order valence-corrected chi connectivity index (χ2v) is 3.37. The predicted molar refractivity (Wildman–Crippen MR) is 49.9 cm³/mol. The average molecular weight is 284 g/mol. The van der Waals surface area contributed by atoms with Gasteiger partial charge in [0.1, 0.15) is 5.82 Å². The Morgan fingerprint density at radius 3 is 2.60 bits per heavy atom. The lowest BCUT2D eigenvalue weighted by molar-refractivity contribution is -0.0906. The van der Waals surface area contributed by atoms with Crippen LogP contribution in [0.1, 0.15) is 10.4 Å². The molecule has 0 amide bonds. The van der Waals surface area contributed by atoms with Crippen LogP contribution in [0.25, 0.3) is 0 Å². The number of rotatable bonds is 2. The first kappa shape index (κ1) is 11.8. The summed E-state index contributed by atoms with van der Waals surface area (Å²) in [6.07, 6.45) is 0. The molecule has 1 aromatic carbocycles. The molecule has 2 N–H and O–H groups in total. The topological polar surface area (TPSA) is 52.3 Å². The second kappa shape index (κ2) is 4.52. The molecule has 0 fully saturated rings. The second-order valence-electron chi connectivity index (χ2n) is 2.52. The first-order valence-corrected chi connectivity index (χ1v) is 4.44. The van der Waals surface area contributed by atoms with Gasteiger partial charge in [-0.1, -0.05) is 0 Å². The summed E-state index contributed by atoms with van der Waals surface area (Å²) in [6.45, 7) is -3.23. The van der Waals surface area contributed by atoms with Crippen LogP contribution in [-0.4, -0.2) is 12.6 Å². The number of nitrogens with two attached hydrogens (primary N) is 1. The van der Waals surface area contributed by atoms with Gasteiger partial charge in [-0.3, -0.25) is 0 Å². The predicted octanol–water partition coefficient (Wildman–Crippen LogP) is 2.55. The summed E-state index contributed by atoms with van der Waals surface area (Å²) in [5.41, 5.74) is 4.59. The van der Waals surface area contributed by atoms with Gasteiger partial charge in [0, 0.05) is 4.47 Å². The van der Waals surface area contributed by atoms with E-state index in [1.807, 2.05) is 0 Å². The molecule has 0 unspecified atom stereocenters. The summed E-state index contributed by atoms with van der Waals surface area (Å²) in [6, 6.07) is 1.82. The molecule has 82 valence electrons. The third-order valence-corrected chi connectivity index (χ3v) is 2.16. The molecule has 0 saturated carbocycles. The molecular weight excluding hydrogens is 279 g/mol. The molecule has 0 radical (unpaired) electrons. The fraction of sp³-hybridized carbons (Fsp3) is 0.125. The van der Waals surface area contributed by atoms with Crippen LogP contribution in [0.2, 0.25) is 0 Å². The van der Waals surface area contributed by atoms with Gasteiger partial charge in [0.05, 0.1) is 11.3 Å². The number of hydrogen-bond acceptors (Lipinski definition) is 3. The van der Waals surface area contributed by atoms with Crippen LogP contribution in [0.5, 0.6) is 0 Å². The summed E-state index contributed by atoms with van der Waals surface area (Å²) in [5, 5.41) is 0. The van der Waals surface area contributed by atoms with Gasteiger partial charge in [0.2, 0.25) is 0 Å². The summed E-state index contributed by atoms with van der Waals surface area (Å²) < 4.78 is 39.9. The van der Waals surface area contributed by atoms with E-state index in [1.54, 1.807) is 0 Å². The lowest BCUT2D eigenvalue weighted by atomic mass is 10.2. The van der Waals surface area contributed by atoms with E-state index in [1.165, 1.54) is 0 Å². The Morgan fingerprint density at radius 1 is 1.47 bits per heavy atom. The zero-order chi connectivity index (χ0) is 11.6. The maximum Gasteiger partial charge on any atom is 0.389 e. The Bertz CT molecular complexity index is 398. The number of esters is 1. The fourth-order valence-corrected chi connectivity index (χ4v) is 1.34. The summed E-state index contributed by atoms with van der Waals surface area (Å²) >= 11 is 2.83. The minimum atomic E-state index is -3.23. The van der Waals surface area contributed by atoms with Gasteiger partial charge in [-0.25, -0.2) is 9.18 Å². The van der Waals surface area contributed by atoms with Gasteiger partial charge in [-0.15, -0.1) is 0 Å². The van der Waals surface area contributed by atoms with Crippen molar-refractivity contribution in [2.45, 2.75) is 6.61 Å². The Labute approximate surface area is 91.1 Å². The molecule has 15 heavy (non-hydrogen) atoms. The number of nitrogen functional groups attached to an aromatic ring is 1. The fourth-order valence-electron chi connectivity index (χ4n) is 0.867. The van der Waals surface area contributed by atoms with Crippen molar-refractivity contribution in [3.63, 3.8) is 0 Å². The van der Waals surface area contributed by atoms with Crippen molar-refractivity contribution in [1.29, 1.82) is 0 Å². The Balaban J connectivity index is 3.04. The summed E-state index contributed by atoms with van der Waals surface area (Å²) in [4.78, 5) is 11.0. The normalized spacial score (nSPS) is 10.5. The highest BCUT2D eigenvalue weighted by Crippen LogP contribution is 2.24. The van der Waals surface area contributed by atoms with Crippen LogP contribution in [0.3, 0.4) is 0 Å². The van der Waals surface area contributed by atoms with Gasteiger partial charge >= 0.3 is 12.6 Å². The van der Waals surface area contributed by atoms with E-state index in [0.717, 1.165) is 12.1 Å². The molecule has 0 heterocycles. The Morgan fingerprint density at radius 2 is 2.07 bits per heavy atom. The van der Waals surface area contributed by atoms with Crippen LogP contribution >= 0.6 is 15.9 Å². The van der Waals surface area contributed by atoms with Crippen molar-refractivity contribution in [1.82, 2.24) is 0 Å². The minimum absolute atomic E-state index is 0.000139. The minimum Gasteiger partial charge on any atom is -0.399 e. The van der Waals surface area contributed by atoms with Gasteiger partial charge in [-0.05, 0) is 28.1 Å². The molecule has 1 rings (SSSR count). The van der Waals surface area contributed by atoms with E-state index in [-0.39, 0.29) is 15.7 Å². The molecule has 0 atom stereocenters. The van der Waals surface area contributed by atoms with E-state index in [4.69, 9.17) is 5.73 Å². The molecule has 0 aliphatic rings. The van der Waals surface area contributed by atoms with Crippen LogP contribution in [-0.2, 0) is 4.74 Å². The van der Waals surface area contributed by atoms with Crippen molar-refractivity contribution < 1.29 is 22.7 Å². The van der Waals surface area contributed by atoms with Gasteiger partial charge in [-0.2, -0.15) is 8.78 Å². The standard InChI is InChI=1S/C8H5BrF3NO2/c9-4-2-5(10)6(13)1-3(4)7(14)15-8(11)12/h1-2,8H,13H2. The Kier molecular flexibility index (Phi) is 3.57. The first-order chi connectivity index (χ1) is 6.91. The van der Waals surface area contributed by atoms with E-state index in [9.17, 15) is 18.0 Å². The molecule has 0 bridgehead atoms. The van der Waals surface area contributed by atoms with Crippen molar-refractivity contribution in [3.8, 4) is 0 Å². The van der Waals surface area contributed by atoms with E-state index in [0.29, 0.717) is 0 Å². The van der Waals surface area contributed by atoms with Crippen LogP contribution in [0.15, 0.2) is 16.6 Å². The lowest BCUT2D eigenvalue weighted by Gasteiger charge is -2.06. The molecular formula is C8H5BrF3NO2. The zero-order valence-corrected chi connectivity index (χ0v) is 8.72. The van der Waals surface area contributed by atoms with Crippen molar-refractivity contribution in [2.75, 3.05) is 5.73 Å². The van der Waals surface area contributed by atoms with E-state index >= 15 is 0 Å². The summed E-state index contributed by atoms with van der Waals surface area (Å²) in [5.74, 6) is -2.03. The number of hydrogen-bond donors (Lipinski definition) is 1. The SMILES string of the molecule is Nc1cc(C(=O)OC(F)F)c(Br)cc1F. The number of halogens is 4. The molecule has 0 aliphatic carbocycles. The van der Waals surface area contributed by atoms with Crippen LogP contribution in [0, 0.1) is 5.82 Å². The quantitative estimate of drug-likeness (QED) is 0.670. The number of carbonyl (C=O) groups excluding carboxylic acids is 1. The lowest BCUT2D eigenvalue weighted by Crippen LogP contribution is -2.11. The summed E-state index contributed by atoms with van der Waals surface area (Å²) in [7, 11) is 0. The molecule has 7 heteroatoms. The maximum atomic E-state index is 12.8. The highest BCUT2D eigenvalue weighted by Gasteiger charge is 2.18. The van der Waals surface area contributed by atoms with E-state index in [2.05, 4.69) is 20.7 Å². The molecule has 1 aromatic rings. The van der Waals surface area contributed by atoms with Crippen LogP contribution < -0.4 is 5.73 Å². The molecule has 0 aromatic heterocycles. The van der Waals surface area contributed by atoms with Gasteiger partial charge in [0.25, 0.3) is 0 Å². The molecule has 0 saturated heterocycles. The van der Waals surface area contributed by atoms with Gasteiger partial charge < -0.3 is 10.5 Å². The average Bonchev–Trinajstić information content (AvgIpc) is 2.09. The zero-order valence-electron chi connectivity index (χ0n) is 7.14. The molecule has 0 spiro atoms. The Hall–Kier alpha value is -1.24. The largest absolute Gasteiger partial charge is 0.399 e. The number of alkyl halides is 2. The third-order valence-electron chi connectivity index (χ3n) is 1.50. The number of benzene rings is 1. The molecule has 3 nitrogen and oxygen atoms in total. The monoisotopic (exact) mass is 283 g/mol. The van der Waals surface area contributed by atoms with Crippen LogP contribution in [0.4, 0.5) is 18.9 Å². The van der Waals surface area contributed by atoms with Crippen molar-refractivity contribution >= 4 is 27.6 Å². The van der Waals surface area contributed by atoms with Crippen molar-refractivity contribution in [2.24, 2.45) is 0 Å². The third kappa shape index (κ3) is 2.85. The smallest absolute Gasteiger partial charge is 0.389 e. The van der Waals surface area contributed by atoms with Crippen molar-refractivity contribution in [3.05, 3.63) is 28.0 Å². The number of ether oxygens (including phenoxy) is 1. The van der Waals surface area contributed by atoms with E-state index < -0.39 is 18.4 Å². The number of carbonyl (C=O) groups is 1. The first-order valence-electron chi connectivity index (χ1n) is 3.65. The van der Waals surface area contributed by atoms with Gasteiger partial charge in [0.15, 0.2) is 0 Å². The highest BCUT2D eigenvalue weighted by molar-refractivity contribution is 9.10. The maximum absolute atomic E-state index is 12.8.